The Hall–Kier alpha value is -1.34. The van der Waals surface area contributed by atoms with Gasteiger partial charge in [-0.1, -0.05) is 0 Å². The lowest BCUT2D eigenvalue weighted by Gasteiger charge is -2.41. The van der Waals surface area contributed by atoms with Gasteiger partial charge in [0.25, 0.3) is 0 Å². The summed E-state index contributed by atoms with van der Waals surface area (Å²) in [6.07, 6.45) is 0.679. The molecule has 0 aliphatic carbocycles. The number of carboxylic acid groups (broad SMARTS) is 1. The SMILES string of the molecule is CC1COC(CO)CN1C(=O)N1CCC(C(=O)O)CC1. The van der Waals surface area contributed by atoms with Gasteiger partial charge in [-0.3, -0.25) is 4.79 Å². The van der Waals surface area contributed by atoms with Crippen molar-refractivity contribution in [3.05, 3.63) is 0 Å². The van der Waals surface area contributed by atoms with E-state index in [0.717, 1.165) is 0 Å². The molecule has 2 aliphatic rings. The molecule has 0 aromatic carbocycles. The second-order valence-corrected chi connectivity index (χ2v) is 5.52. The molecule has 20 heavy (non-hydrogen) atoms. The molecule has 2 amide bonds. The van der Waals surface area contributed by atoms with E-state index in [2.05, 4.69) is 0 Å². The Morgan fingerprint density at radius 3 is 2.50 bits per heavy atom. The number of carboxylic acids is 1. The first-order valence-electron chi connectivity index (χ1n) is 7.03. The summed E-state index contributed by atoms with van der Waals surface area (Å²) in [5, 5.41) is 18.1. The molecule has 7 heteroatoms. The summed E-state index contributed by atoms with van der Waals surface area (Å²) in [4.78, 5) is 26.8. The highest BCUT2D eigenvalue weighted by Gasteiger charge is 2.34. The number of morpholine rings is 1. The van der Waals surface area contributed by atoms with Crippen LogP contribution in [-0.2, 0) is 9.53 Å². The van der Waals surface area contributed by atoms with Gasteiger partial charge < -0.3 is 24.7 Å². The van der Waals surface area contributed by atoms with Crippen molar-refractivity contribution in [2.24, 2.45) is 5.92 Å². The number of ether oxygens (including phenoxy) is 1. The molecule has 0 saturated carbocycles. The van der Waals surface area contributed by atoms with Crippen molar-refractivity contribution in [3.8, 4) is 0 Å². The van der Waals surface area contributed by atoms with Crippen LogP contribution in [0.25, 0.3) is 0 Å². The van der Waals surface area contributed by atoms with Gasteiger partial charge >= 0.3 is 12.0 Å². The van der Waals surface area contributed by atoms with Crippen molar-refractivity contribution in [1.29, 1.82) is 0 Å². The van der Waals surface area contributed by atoms with Crippen LogP contribution in [0.5, 0.6) is 0 Å². The Bertz CT molecular complexity index is 368. The van der Waals surface area contributed by atoms with E-state index in [9.17, 15) is 9.59 Å². The summed E-state index contributed by atoms with van der Waals surface area (Å²) in [7, 11) is 0. The number of hydrogen-bond donors (Lipinski definition) is 2. The Balaban J connectivity index is 1.92. The number of carbonyl (C=O) groups is 2. The Kier molecular flexibility index (Phi) is 4.82. The third kappa shape index (κ3) is 3.21. The number of aliphatic carboxylic acids is 1. The summed E-state index contributed by atoms with van der Waals surface area (Å²) >= 11 is 0. The highest BCUT2D eigenvalue weighted by atomic mass is 16.5. The molecule has 2 heterocycles. The van der Waals surface area contributed by atoms with Crippen LogP contribution in [0.3, 0.4) is 0 Å². The smallest absolute Gasteiger partial charge is 0.320 e. The van der Waals surface area contributed by atoms with Crippen LogP contribution in [0, 0.1) is 5.92 Å². The second-order valence-electron chi connectivity index (χ2n) is 5.52. The maximum Gasteiger partial charge on any atom is 0.320 e. The van der Waals surface area contributed by atoms with E-state index in [1.165, 1.54) is 0 Å². The average Bonchev–Trinajstić information content (AvgIpc) is 2.47. The Morgan fingerprint density at radius 1 is 1.30 bits per heavy atom. The van der Waals surface area contributed by atoms with Crippen LogP contribution in [0.15, 0.2) is 0 Å². The fraction of sp³-hybridized carbons (Fsp3) is 0.846. The topological polar surface area (TPSA) is 90.3 Å². The van der Waals surface area contributed by atoms with Crippen LogP contribution in [-0.4, -0.2) is 77.0 Å². The first-order chi connectivity index (χ1) is 9.52. The van der Waals surface area contributed by atoms with Crippen molar-refractivity contribution in [1.82, 2.24) is 9.80 Å². The molecule has 7 nitrogen and oxygen atoms in total. The van der Waals surface area contributed by atoms with Crippen LogP contribution >= 0.6 is 0 Å². The first-order valence-corrected chi connectivity index (χ1v) is 7.03. The van der Waals surface area contributed by atoms with E-state index in [4.69, 9.17) is 14.9 Å². The fourth-order valence-electron chi connectivity index (χ4n) is 2.69. The molecule has 2 fully saturated rings. The molecule has 114 valence electrons. The molecule has 0 spiro atoms. The van der Waals surface area contributed by atoms with Gasteiger partial charge in [0.2, 0.25) is 0 Å². The molecule has 2 aliphatic heterocycles. The summed E-state index contributed by atoms with van der Waals surface area (Å²) in [5.41, 5.74) is 0. The Morgan fingerprint density at radius 2 is 1.95 bits per heavy atom. The summed E-state index contributed by atoms with van der Waals surface area (Å²) in [6.45, 7) is 3.57. The molecular weight excluding hydrogens is 264 g/mol. The molecule has 0 bridgehead atoms. The largest absolute Gasteiger partial charge is 0.481 e. The maximum atomic E-state index is 12.5. The molecule has 2 saturated heterocycles. The zero-order valence-corrected chi connectivity index (χ0v) is 11.7. The summed E-state index contributed by atoms with van der Waals surface area (Å²) < 4.78 is 5.42. The molecule has 2 rings (SSSR count). The van der Waals surface area contributed by atoms with Gasteiger partial charge in [0.1, 0.15) is 0 Å². The first kappa shape index (κ1) is 15.1. The van der Waals surface area contributed by atoms with Crippen LogP contribution in [0.1, 0.15) is 19.8 Å². The number of hydrogen-bond acceptors (Lipinski definition) is 4. The highest BCUT2D eigenvalue weighted by Crippen LogP contribution is 2.20. The van der Waals surface area contributed by atoms with Crippen molar-refractivity contribution >= 4 is 12.0 Å². The molecule has 0 aromatic rings. The number of piperidine rings is 1. The predicted molar refractivity (Wildman–Crippen MR) is 70.3 cm³/mol. The van der Waals surface area contributed by atoms with Crippen molar-refractivity contribution in [2.45, 2.75) is 31.9 Å². The molecule has 0 radical (unpaired) electrons. The number of nitrogens with zero attached hydrogens (tertiary/aromatic N) is 2. The standard InChI is InChI=1S/C13H22N2O5/c1-9-8-20-11(7-16)6-15(9)13(19)14-4-2-10(3-5-14)12(17)18/h9-11,16H,2-8H2,1H3,(H,17,18). The second kappa shape index (κ2) is 6.41. The zero-order chi connectivity index (χ0) is 14.7. The summed E-state index contributed by atoms with van der Waals surface area (Å²) in [6, 6.07) is -0.106. The molecule has 2 atom stereocenters. The number of rotatable bonds is 2. The van der Waals surface area contributed by atoms with E-state index in [0.29, 0.717) is 39.1 Å². The summed E-state index contributed by atoms with van der Waals surface area (Å²) in [5.74, 6) is -1.12. The minimum Gasteiger partial charge on any atom is -0.481 e. The van der Waals surface area contributed by atoms with Gasteiger partial charge in [-0.05, 0) is 19.8 Å². The van der Waals surface area contributed by atoms with E-state index >= 15 is 0 Å². The molecule has 2 N–H and O–H groups in total. The minimum atomic E-state index is -0.780. The number of aliphatic hydroxyl groups excluding tert-OH is 1. The van der Waals surface area contributed by atoms with Crippen LogP contribution in [0.4, 0.5) is 4.79 Å². The van der Waals surface area contributed by atoms with E-state index in [1.807, 2.05) is 6.92 Å². The van der Waals surface area contributed by atoms with Gasteiger partial charge in [-0.2, -0.15) is 0 Å². The fourth-order valence-corrected chi connectivity index (χ4v) is 2.69. The van der Waals surface area contributed by atoms with E-state index < -0.39 is 5.97 Å². The van der Waals surface area contributed by atoms with Gasteiger partial charge in [0.05, 0.1) is 37.8 Å². The maximum absolute atomic E-state index is 12.5. The zero-order valence-electron chi connectivity index (χ0n) is 11.7. The number of amides is 2. The predicted octanol–water partition coefficient (Wildman–Crippen LogP) is -0.0154. The lowest BCUT2D eigenvalue weighted by Crippen LogP contribution is -2.57. The number of urea groups is 1. The lowest BCUT2D eigenvalue weighted by atomic mass is 9.97. The van der Waals surface area contributed by atoms with Crippen molar-refractivity contribution in [2.75, 3.05) is 32.8 Å². The van der Waals surface area contributed by atoms with Gasteiger partial charge in [-0.15, -0.1) is 0 Å². The quantitative estimate of drug-likeness (QED) is 0.745. The van der Waals surface area contributed by atoms with E-state index in [-0.39, 0.29) is 30.7 Å². The van der Waals surface area contributed by atoms with Gasteiger partial charge in [0.15, 0.2) is 0 Å². The molecule has 0 aromatic heterocycles. The Labute approximate surface area is 118 Å². The van der Waals surface area contributed by atoms with Gasteiger partial charge in [0, 0.05) is 13.1 Å². The lowest BCUT2D eigenvalue weighted by molar-refractivity contribution is -0.143. The molecular formula is C13H22N2O5. The van der Waals surface area contributed by atoms with Crippen LogP contribution in [0.2, 0.25) is 0 Å². The van der Waals surface area contributed by atoms with Gasteiger partial charge in [-0.25, -0.2) is 4.79 Å². The minimum absolute atomic E-state index is 0.0255. The van der Waals surface area contributed by atoms with Crippen LogP contribution < -0.4 is 0 Å². The monoisotopic (exact) mass is 286 g/mol. The number of likely N-dealkylation sites (tertiary alicyclic amines) is 1. The van der Waals surface area contributed by atoms with Crippen molar-refractivity contribution < 1.29 is 24.5 Å². The number of carbonyl (C=O) groups excluding carboxylic acids is 1. The average molecular weight is 286 g/mol. The third-order valence-electron chi connectivity index (χ3n) is 4.07. The normalized spacial score (nSPS) is 28.5. The van der Waals surface area contributed by atoms with Crippen molar-refractivity contribution in [3.63, 3.8) is 0 Å². The molecule has 2 unspecified atom stereocenters. The number of aliphatic hydroxyl groups is 1. The highest BCUT2D eigenvalue weighted by molar-refractivity contribution is 5.76. The van der Waals surface area contributed by atoms with E-state index in [1.54, 1.807) is 9.80 Å². The third-order valence-corrected chi connectivity index (χ3v) is 4.07.